The molecule has 0 aromatic carbocycles. The molecule has 0 unspecified atom stereocenters. The van der Waals surface area contributed by atoms with E-state index in [1.165, 1.54) is 0 Å². The van der Waals surface area contributed by atoms with Gasteiger partial charge in [-0.15, -0.1) is 0 Å². The zero-order valence-electron chi connectivity index (χ0n) is 6.41. The van der Waals surface area contributed by atoms with Crippen LogP contribution in [0.4, 0.5) is 0 Å². The molecule has 0 saturated heterocycles. The number of hydrogen-bond donors (Lipinski definition) is 0. The van der Waals surface area contributed by atoms with Crippen molar-refractivity contribution in [2.45, 2.75) is 0 Å². The molecule has 0 amide bonds. The first kappa shape index (κ1) is 17.1. The fraction of sp³-hybridized carbons (Fsp3) is 0. The Hall–Kier alpha value is -2.07. The summed E-state index contributed by atoms with van der Waals surface area (Å²) in [5.74, 6) is 0. The first-order chi connectivity index (χ1) is 5.83. The molecule has 0 heterocycles. The summed E-state index contributed by atoms with van der Waals surface area (Å²) in [6.07, 6.45) is 4.50. The minimum absolute atomic E-state index is 0. The van der Waals surface area contributed by atoms with Crippen LogP contribution in [0.5, 0.6) is 0 Å². The Morgan fingerprint density at radius 1 is 0.538 bits per heavy atom. The predicted octanol–water partition coefficient (Wildman–Crippen LogP) is 1.18. The van der Waals surface area contributed by atoms with Crippen molar-refractivity contribution >= 4 is 0 Å². The van der Waals surface area contributed by atoms with E-state index < -0.39 is 0 Å². The van der Waals surface area contributed by atoms with Gasteiger partial charge in [-0.25, -0.2) is 0 Å². The Bertz CT molecular complexity index is 250. The molecular weight excluding hydrogens is 211 g/mol. The molecule has 13 heavy (non-hydrogen) atoms. The van der Waals surface area contributed by atoms with Gasteiger partial charge in [-0.05, 0) is 0 Å². The summed E-state index contributed by atoms with van der Waals surface area (Å²) in [6, 6.07) is 6.66. The zero-order valence-corrected chi connectivity index (χ0v) is 7.40. The molecule has 0 atom stereocenters. The maximum atomic E-state index is 7.71. The van der Waals surface area contributed by atoms with Gasteiger partial charge in [0.05, 0.1) is 24.3 Å². The molecule has 0 aromatic heterocycles. The smallest absolute Gasteiger partial charge is 0.0919 e. The Labute approximate surface area is 86.5 Å². The quantitative estimate of drug-likeness (QED) is 0.447. The molecule has 0 N–H and O–H groups in total. The van der Waals surface area contributed by atoms with E-state index in [4.69, 9.17) is 21.0 Å². The summed E-state index contributed by atoms with van der Waals surface area (Å²) < 4.78 is 0. The normalized spacial score (nSPS) is 6.46. The van der Waals surface area contributed by atoms with E-state index in [0.717, 1.165) is 24.3 Å². The number of rotatable bonds is 0. The van der Waals surface area contributed by atoms with Gasteiger partial charge in [0.1, 0.15) is 0 Å². The number of nitrogens with zero attached hydrogens (tertiary/aromatic N) is 4. The maximum Gasteiger partial charge on any atom is 0.0919 e. The van der Waals surface area contributed by atoms with E-state index in [-0.39, 0.29) is 16.5 Å². The third-order valence-electron chi connectivity index (χ3n) is 0.465. The van der Waals surface area contributed by atoms with Crippen molar-refractivity contribution < 1.29 is 16.5 Å². The first-order valence-electron chi connectivity index (χ1n) is 2.72. The summed E-state index contributed by atoms with van der Waals surface area (Å²) in [5, 5.41) is 30.8. The largest absolute Gasteiger partial charge is 0.193 e. The van der Waals surface area contributed by atoms with Crippen LogP contribution in [0.25, 0.3) is 0 Å². The van der Waals surface area contributed by atoms with Gasteiger partial charge in [0.25, 0.3) is 0 Å². The van der Waals surface area contributed by atoms with Crippen LogP contribution in [0.15, 0.2) is 24.3 Å². The van der Waals surface area contributed by atoms with Gasteiger partial charge in [0.2, 0.25) is 0 Å². The van der Waals surface area contributed by atoms with Gasteiger partial charge < -0.3 is 0 Å². The molecule has 0 aromatic rings. The SMILES string of the molecule is N#C/C=C/C#N.N#C/C=C/C#N.[Ni]. The van der Waals surface area contributed by atoms with Crippen LogP contribution in [0, 0.1) is 45.3 Å². The standard InChI is InChI=1S/2C4H2N2.Ni/c2*5-3-1-2-4-6;/h2*1-2H;/b2*2-1+;. The third-order valence-corrected chi connectivity index (χ3v) is 0.465. The van der Waals surface area contributed by atoms with E-state index in [1.54, 1.807) is 24.3 Å². The molecule has 4 nitrogen and oxygen atoms in total. The molecule has 0 fully saturated rings. The van der Waals surface area contributed by atoms with Crippen molar-refractivity contribution in [1.82, 2.24) is 0 Å². The van der Waals surface area contributed by atoms with E-state index in [2.05, 4.69) is 0 Å². The predicted molar refractivity (Wildman–Crippen MR) is 40.7 cm³/mol. The van der Waals surface area contributed by atoms with Crippen LogP contribution in [-0.2, 0) is 16.5 Å². The maximum absolute atomic E-state index is 7.71. The summed E-state index contributed by atoms with van der Waals surface area (Å²) >= 11 is 0. The van der Waals surface area contributed by atoms with Gasteiger partial charge in [-0.1, -0.05) is 0 Å². The Balaban J connectivity index is -0.000000143. The Morgan fingerprint density at radius 2 is 0.692 bits per heavy atom. The summed E-state index contributed by atoms with van der Waals surface area (Å²) in [7, 11) is 0. The first-order valence-corrected chi connectivity index (χ1v) is 2.72. The van der Waals surface area contributed by atoms with E-state index in [1.807, 2.05) is 0 Å². The van der Waals surface area contributed by atoms with Crippen LogP contribution in [0.2, 0.25) is 0 Å². The van der Waals surface area contributed by atoms with E-state index >= 15 is 0 Å². The monoisotopic (exact) mass is 214 g/mol. The summed E-state index contributed by atoms with van der Waals surface area (Å²) in [5.41, 5.74) is 0. The molecule has 0 aliphatic heterocycles. The number of hydrogen-bond acceptors (Lipinski definition) is 4. The summed E-state index contributed by atoms with van der Waals surface area (Å²) in [6.45, 7) is 0. The van der Waals surface area contributed by atoms with Crippen LogP contribution in [-0.4, -0.2) is 0 Å². The number of nitriles is 4. The number of allylic oxidation sites excluding steroid dienone is 4. The third kappa shape index (κ3) is 40.4. The van der Waals surface area contributed by atoms with Crippen molar-refractivity contribution in [1.29, 1.82) is 21.0 Å². The molecule has 0 saturated carbocycles. The van der Waals surface area contributed by atoms with Gasteiger partial charge in [0.15, 0.2) is 0 Å². The van der Waals surface area contributed by atoms with Crippen molar-refractivity contribution in [3.05, 3.63) is 24.3 Å². The van der Waals surface area contributed by atoms with Crippen molar-refractivity contribution in [3.63, 3.8) is 0 Å². The Morgan fingerprint density at radius 3 is 0.769 bits per heavy atom. The van der Waals surface area contributed by atoms with Gasteiger partial charge in [-0.2, -0.15) is 21.0 Å². The second-order valence-electron chi connectivity index (χ2n) is 1.18. The zero-order chi connectivity index (χ0) is 9.66. The average Bonchev–Trinajstić information content (AvgIpc) is 2.12. The van der Waals surface area contributed by atoms with Crippen LogP contribution < -0.4 is 0 Å². The van der Waals surface area contributed by atoms with Gasteiger partial charge in [-0.3, -0.25) is 0 Å². The molecule has 0 aliphatic rings. The second-order valence-corrected chi connectivity index (χ2v) is 1.18. The molecule has 0 aliphatic carbocycles. The van der Waals surface area contributed by atoms with Crippen LogP contribution in [0.3, 0.4) is 0 Å². The molecule has 0 bridgehead atoms. The molecule has 5 heteroatoms. The Kier molecular flexibility index (Phi) is 29.7. The summed E-state index contributed by atoms with van der Waals surface area (Å²) in [4.78, 5) is 0. The molecule has 66 valence electrons. The van der Waals surface area contributed by atoms with Crippen LogP contribution >= 0.6 is 0 Å². The fourth-order valence-corrected chi connectivity index (χ4v) is 0.149. The topological polar surface area (TPSA) is 95.2 Å². The molecule has 0 spiro atoms. The second kappa shape index (κ2) is 22.5. The fourth-order valence-electron chi connectivity index (χ4n) is 0.149. The van der Waals surface area contributed by atoms with Gasteiger partial charge in [0, 0.05) is 40.8 Å². The van der Waals surface area contributed by atoms with E-state index in [0.29, 0.717) is 0 Å². The van der Waals surface area contributed by atoms with Gasteiger partial charge >= 0.3 is 0 Å². The molecular formula is C8H4N4Ni. The van der Waals surface area contributed by atoms with Crippen LogP contribution in [0.1, 0.15) is 0 Å². The minimum atomic E-state index is 0. The average molecular weight is 215 g/mol. The van der Waals surface area contributed by atoms with Crippen molar-refractivity contribution in [2.24, 2.45) is 0 Å². The molecule has 0 radical (unpaired) electrons. The van der Waals surface area contributed by atoms with Crippen molar-refractivity contribution in [2.75, 3.05) is 0 Å². The van der Waals surface area contributed by atoms with E-state index in [9.17, 15) is 0 Å². The van der Waals surface area contributed by atoms with Crippen molar-refractivity contribution in [3.8, 4) is 24.3 Å². The molecule has 0 rings (SSSR count). The minimum Gasteiger partial charge on any atom is -0.193 e.